The molecule has 3 atom stereocenters. The summed E-state index contributed by atoms with van der Waals surface area (Å²) in [5, 5.41) is 17.4. The van der Waals surface area contributed by atoms with E-state index in [1.165, 1.54) is 6.92 Å². The molecule has 3 unspecified atom stereocenters. The number of aliphatic hydroxyl groups is 1. The molecule has 0 heterocycles. The van der Waals surface area contributed by atoms with E-state index < -0.39 is 24.8 Å². The van der Waals surface area contributed by atoms with Crippen molar-refractivity contribution in [2.45, 2.75) is 38.2 Å². The van der Waals surface area contributed by atoms with Gasteiger partial charge in [-0.2, -0.15) is 0 Å². The predicted octanol–water partition coefficient (Wildman–Crippen LogP) is 0.848. The van der Waals surface area contributed by atoms with Gasteiger partial charge >= 0.3 is 5.97 Å². The Kier molecular flexibility index (Phi) is 4.61. The molecule has 0 aromatic rings. The van der Waals surface area contributed by atoms with Gasteiger partial charge in [0.1, 0.15) is 5.85 Å². The van der Waals surface area contributed by atoms with Crippen molar-refractivity contribution in [1.29, 1.82) is 0 Å². The molecule has 0 saturated carbocycles. The van der Waals surface area contributed by atoms with Crippen LogP contribution in [0.3, 0.4) is 0 Å². The van der Waals surface area contributed by atoms with Crippen LogP contribution in [0.25, 0.3) is 0 Å². The highest BCUT2D eigenvalue weighted by Gasteiger charge is 2.35. The Hall–Kier alpha value is -0.380. The van der Waals surface area contributed by atoms with Gasteiger partial charge in [0.25, 0.3) is 0 Å². The van der Waals surface area contributed by atoms with Crippen LogP contribution < -0.4 is 0 Å². The summed E-state index contributed by atoms with van der Waals surface area (Å²) in [7, 11) is -3.75. The van der Waals surface area contributed by atoms with Crippen molar-refractivity contribution in [2.75, 3.05) is 0 Å². The first kappa shape index (κ1) is 12.6. The van der Waals surface area contributed by atoms with E-state index in [1.807, 2.05) is 0 Å². The van der Waals surface area contributed by atoms with E-state index in [-0.39, 0.29) is 12.8 Å². The number of carboxylic acids is 1. The van der Waals surface area contributed by atoms with Crippen molar-refractivity contribution >= 4 is 13.3 Å². The Morgan fingerprint density at radius 3 is 2.23 bits per heavy atom. The highest BCUT2D eigenvalue weighted by Crippen LogP contribution is 2.52. The lowest BCUT2D eigenvalue weighted by Gasteiger charge is -2.22. The van der Waals surface area contributed by atoms with Crippen LogP contribution in [0.1, 0.15) is 26.7 Å². The summed E-state index contributed by atoms with van der Waals surface area (Å²) in [6.45, 7) is 2.82. The van der Waals surface area contributed by atoms with Crippen LogP contribution in [-0.4, -0.2) is 32.6 Å². The Morgan fingerprint density at radius 1 is 1.54 bits per heavy atom. The molecule has 0 aliphatic heterocycles. The average Bonchev–Trinajstić information content (AvgIpc) is 1.99. The summed E-state index contributed by atoms with van der Waals surface area (Å²) in [5.41, 5.74) is -0.856. The Balaban J connectivity index is 4.57. The van der Waals surface area contributed by atoms with E-state index in [9.17, 15) is 14.3 Å². The highest BCUT2D eigenvalue weighted by molar-refractivity contribution is 7.59. The zero-order chi connectivity index (χ0) is 10.6. The van der Waals surface area contributed by atoms with Gasteiger partial charge in [0.05, 0.1) is 6.42 Å². The lowest BCUT2D eigenvalue weighted by atomic mass is 10.2. The maximum atomic E-state index is 11.4. The zero-order valence-corrected chi connectivity index (χ0v) is 8.57. The third-order valence-corrected chi connectivity index (χ3v) is 4.60. The van der Waals surface area contributed by atoms with E-state index >= 15 is 0 Å². The number of carboxylic acid groups (broad SMARTS) is 1. The summed E-state index contributed by atoms with van der Waals surface area (Å²) in [6, 6.07) is 0. The fraction of sp³-hybridized carbons (Fsp3) is 0.857. The van der Waals surface area contributed by atoms with Gasteiger partial charge in [-0.3, -0.25) is 9.36 Å². The standard InChI is InChI=1S/C7H15O5P/c1-3-6(4-7(9)10)13(11,12)5(2)8/h5-6,8H,3-4H2,1-2H3,(H,9,10)(H,11,12). The first-order valence-corrected chi connectivity index (χ1v) is 5.84. The Bertz CT molecular complexity index is 225. The maximum Gasteiger partial charge on any atom is 0.304 e. The first-order valence-electron chi connectivity index (χ1n) is 4.04. The largest absolute Gasteiger partial charge is 0.481 e. The van der Waals surface area contributed by atoms with Crippen molar-refractivity contribution < 1.29 is 24.5 Å². The number of aliphatic hydroxyl groups excluding tert-OH is 1. The van der Waals surface area contributed by atoms with E-state index in [4.69, 9.17) is 10.2 Å². The molecular formula is C7H15O5P. The van der Waals surface area contributed by atoms with E-state index in [0.717, 1.165) is 0 Å². The third kappa shape index (κ3) is 3.46. The number of aliphatic carboxylic acids is 1. The molecule has 0 fully saturated rings. The molecule has 78 valence electrons. The Morgan fingerprint density at radius 2 is 2.00 bits per heavy atom. The van der Waals surface area contributed by atoms with Crippen molar-refractivity contribution in [1.82, 2.24) is 0 Å². The second kappa shape index (κ2) is 4.74. The van der Waals surface area contributed by atoms with Crippen LogP contribution in [-0.2, 0) is 9.36 Å². The van der Waals surface area contributed by atoms with Gasteiger partial charge in [0.2, 0.25) is 7.37 Å². The van der Waals surface area contributed by atoms with Gasteiger partial charge in [-0.05, 0) is 13.3 Å². The van der Waals surface area contributed by atoms with Gasteiger partial charge in [0.15, 0.2) is 0 Å². The molecule has 0 amide bonds. The summed E-state index contributed by atoms with van der Waals surface area (Å²) in [6.07, 6.45) is -0.111. The molecule has 5 nitrogen and oxygen atoms in total. The molecule has 0 aromatic carbocycles. The summed E-state index contributed by atoms with van der Waals surface area (Å²) in [4.78, 5) is 19.7. The van der Waals surface area contributed by atoms with Crippen molar-refractivity contribution in [3.8, 4) is 0 Å². The number of carbonyl (C=O) groups is 1. The van der Waals surface area contributed by atoms with Crippen LogP contribution in [0.2, 0.25) is 0 Å². The molecule has 0 bridgehead atoms. The van der Waals surface area contributed by atoms with Gasteiger partial charge < -0.3 is 15.1 Å². The van der Waals surface area contributed by atoms with Gasteiger partial charge in [-0.15, -0.1) is 0 Å². The molecule has 0 saturated heterocycles. The predicted molar refractivity (Wildman–Crippen MR) is 47.8 cm³/mol. The maximum absolute atomic E-state index is 11.4. The zero-order valence-electron chi connectivity index (χ0n) is 7.67. The minimum absolute atomic E-state index is 0.269. The highest BCUT2D eigenvalue weighted by atomic mass is 31.2. The average molecular weight is 210 g/mol. The fourth-order valence-electron chi connectivity index (χ4n) is 1.04. The number of rotatable bonds is 5. The second-order valence-electron chi connectivity index (χ2n) is 2.96. The van der Waals surface area contributed by atoms with E-state index in [0.29, 0.717) is 0 Å². The van der Waals surface area contributed by atoms with Crippen LogP contribution in [0.5, 0.6) is 0 Å². The molecular weight excluding hydrogens is 195 g/mol. The number of hydrogen-bond acceptors (Lipinski definition) is 3. The molecule has 6 heteroatoms. The summed E-state index contributed by atoms with van der Waals surface area (Å²) >= 11 is 0. The van der Waals surface area contributed by atoms with Gasteiger partial charge in [0, 0.05) is 5.66 Å². The molecule has 0 spiro atoms. The normalized spacial score (nSPS) is 20.3. The summed E-state index contributed by atoms with van der Waals surface area (Å²) in [5.74, 6) is -2.49. The summed E-state index contributed by atoms with van der Waals surface area (Å²) < 4.78 is 11.4. The molecule has 0 aliphatic rings. The minimum Gasteiger partial charge on any atom is -0.481 e. The fourth-order valence-corrected chi connectivity index (χ4v) is 2.59. The van der Waals surface area contributed by atoms with Crippen LogP contribution in [0.4, 0.5) is 0 Å². The lowest BCUT2D eigenvalue weighted by molar-refractivity contribution is -0.137. The second-order valence-corrected chi connectivity index (χ2v) is 5.79. The monoisotopic (exact) mass is 210 g/mol. The topological polar surface area (TPSA) is 94.8 Å². The smallest absolute Gasteiger partial charge is 0.304 e. The lowest BCUT2D eigenvalue weighted by Crippen LogP contribution is -2.19. The van der Waals surface area contributed by atoms with Crippen LogP contribution >= 0.6 is 7.37 Å². The molecule has 0 rings (SSSR count). The van der Waals surface area contributed by atoms with E-state index in [1.54, 1.807) is 6.92 Å². The van der Waals surface area contributed by atoms with Crippen LogP contribution in [0.15, 0.2) is 0 Å². The first-order chi connectivity index (χ1) is 5.82. The van der Waals surface area contributed by atoms with Gasteiger partial charge in [-0.25, -0.2) is 0 Å². The van der Waals surface area contributed by atoms with Gasteiger partial charge in [-0.1, -0.05) is 6.92 Å². The molecule has 13 heavy (non-hydrogen) atoms. The minimum atomic E-state index is -3.75. The Labute approximate surface area is 76.8 Å². The number of hydrogen-bond donors (Lipinski definition) is 3. The van der Waals surface area contributed by atoms with E-state index in [2.05, 4.69) is 0 Å². The SMILES string of the molecule is CCC(CC(=O)O)P(=O)(O)C(C)O. The van der Waals surface area contributed by atoms with Crippen molar-refractivity contribution in [3.05, 3.63) is 0 Å². The molecule has 0 aromatic heterocycles. The van der Waals surface area contributed by atoms with Crippen LogP contribution in [0, 0.1) is 0 Å². The molecule has 0 aliphatic carbocycles. The van der Waals surface area contributed by atoms with Crippen molar-refractivity contribution in [2.24, 2.45) is 0 Å². The molecule has 3 N–H and O–H groups in total. The molecule has 0 radical (unpaired) electrons. The van der Waals surface area contributed by atoms with Crippen molar-refractivity contribution in [3.63, 3.8) is 0 Å². The third-order valence-electron chi connectivity index (χ3n) is 1.94. The quantitative estimate of drug-likeness (QED) is 0.584.